The molecule has 1 fully saturated rings. The summed E-state index contributed by atoms with van der Waals surface area (Å²) in [4.78, 5) is 30.5. The van der Waals surface area contributed by atoms with E-state index in [0.29, 0.717) is 36.9 Å². The predicted molar refractivity (Wildman–Crippen MR) is 73.8 cm³/mol. The van der Waals surface area contributed by atoms with Gasteiger partial charge in [0.15, 0.2) is 0 Å². The second kappa shape index (κ2) is 6.67. The molecule has 0 spiro atoms. The minimum atomic E-state index is -0.841. The van der Waals surface area contributed by atoms with Crippen molar-refractivity contribution in [2.45, 2.75) is 6.42 Å². The van der Waals surface area contributed by atoms with E-state index in [1.54, 1.807) is 17.0 Å². The van der Waals surface area contributed by atoms with Gasteiger partial charge in [0.25, 0.3) is 5.91 Å². The summed E-state index contributed by atoms with van der Waals surface area (Å²) in [6.45, 7) is 2.42. The number of amides is 1. The van der Waals surface area contributed by atoms with E-state index in [0.717, 1.165) is 6.42 Å². The van der Waals surface area contributed by atoms with E-state index in [1.165, 1.54) is 6.20 Å². The third-order valence-electron chi connectivity index (χ3n) is 3.21. The molecular weight excluding hydrogens is 282 g/mol. The molecule has 1 N–H and O–H groups in total. The fraction of sp³-hybridized carbons (Fsp3) is 0.462. The Morgan fingerprint density at radius 3 is 2.70 bits per heavy atom. The van der Waals surface area contributed by atoms with Crippen molar-refractivity contribution in [2.75, 3.05) is 32.7 Å². The monoisotopic (exact) mass is 297 g/mol. The topological polar surface area (TPSA) is 73.7 Å². The van der Waals surface area contributed by atoms with Crippen LogP contribution in [0.2, 0.25) is 5.15 Å². The van der Waals surface area contributed by atoms with Gasteiger partial charge in [0.1, 0.15) is 5.15 Å². The molecule has 0 unspecified atom stereocenters. The normalized spacial score (nSPS) is 16.8. The highest BCUT2D eigenvalue weighted by Gasteiger charge is 2.21. The van der Waals surface area contributed by atoms with E-state index in [9.17, 15) is 9.59 Å². The number of pyridine rings is 1. The van der Waals surface area contributed by atoms with E-state index < -0.39 is 5.97 Å². The second-order valence-corrected chi connectivity index (χ2v) is 5.07. The Bertz CT molecular complexity index is 492. The zero-order chi connectivity index (χ0) is 14.5. The highest BCUT2D eigenvalue weighted by atomic mass is 35.5. The maximum atomic E-state index is 12.3. The molecule has 7 heteroatoms. The van der Waals surface area contributed by atoms with Crippen LogP contribution >= 0.6 is 11.6 Å². The van der Waals surface area contributed by atoms with Crippen LogP contribution in [0.25, 0.3) is 0 Å². The van der Waals surface area contributed by atoms with Crippen LogP contribution in [0.4, 0.5) is 0 Å². The summed E-state index contributed by atoms with van der Waals surface area (Å²) in [5, 5.41) is 9.15. The molecular formula is C13H16ClN3O3. The third-order valence-corrected chi connectivity index (χ3v) is 3.43. The standard InChI is InChI=1S/C13H16ClN3O3/c14-11-3-2-10(8-15-11)13(20)17-5-1-4-16(6-7-17)9-12(18)19/h2-3,8H,1,4-7,9H2,(H,18,19). The van der Waals surface area contributed by atoms with Crippen molar-refractivity contribution in [1.82, 2.24) is 14.8 Å². The van der Waals surface area contributed by atoms with Crippen LogP contribution in [-0.4, -0.2) is 64.5 Å². The van der Waals surface area contributed by atoms with Crippen LogP contribution in [0.3, 0.4) is 0 Å². The van der Waals surface area contributed by atoms with Gasteiger partial charge in [-0.1, -0.05) is 11.6 Å². The second-order valence-electron chi connectivity index (χ2n) is 4.69. The van der Waals surface area contributed by atoms with Crippen molar-refractivity contribution in [3.8, 4) is 0 Å². The number of carbonyl (C=O) groups is 2. The molecule has 20 heavy (non-hydrogen) atoms. The molecule has 2 heterocycles. The van der Waals surface area contributed by atoms with Gasteiger partial charge < -0.3 is 10.0 Å². The van der Waals surface area contributed by atoms with Crippen molar-refractivity contribution >= 4 is 23.5 Å². The summed E-state index contributed by atoms with van der Waals surface area (Å²) in [7, 11) is 0. The van der Waals surface area contributed by atoms with Crippen molar-refractivity contribution in [3.05, 3.63) is 29.0 Å². The molecule has 1 amide bonds. The predicted octanol–water partition coefficient (Wildman–Crippen LogP) is 0.967. The molecule has 1 aliphatic rings. The van der Waals surface area contributed by atoms with Gasteiger partial charge in [-0.15, -0.1) is 0 Å². The number of carbonyl (C=O) groups excluding carboxylic acids is 1. The largest absolute Gasteiger partial charge is 0.480 e. The van der Waals surface area contributed by atoms with Crippen molar-refractivity contribution in [1.29, 1.82) is 0 Å². The third kappa shape index (κ3) is 3.91. The highest BCUT2D eigenvalue weighted by Crippen LogP contribution is 2.11. The lowest BCUT2D eigenvalue weighted by molar-refractivity contribution is -0.138. The zero-order valence-corrected chi connectivity index (χ0v) is 11.7. The number of carboxylic acid groups (broad SMARTS) is 1. The molecule has 108 valence electrons. The van der Waals surface area contributed by atoms with Gasteiger partial charge in [-0.25, -0.2) is 4.98 Å². The number of rotatable bonds is 3. The van der Waals surface area contributed by atoms with E-state index >= 15 is 0 Å². The van der Waals surface area contributed by atoms with Gasteiger partial charge in [0, 0.05) is 32.4 Å². The molecule has 1 saturated heterocycles. The first kappa shape index (κ1) is 14.7. The molecule has 0 radical (unpaired) electrons. The Balaban J connectivity index is 1.97. The van der Waals surface area contributed by atoms with Gasteiger partial charge in [-0.2, -0.15) is 0 Å². The van der Waals surface area contributed by atoms with E-state index in [4.69, 9.17) is 16.7 Å². The number of carboxylic acids is 1. The number of hydrogen-bond acceptors (Lipinski definition) is 4. The molecule has 2 rings (SSSR count). The van der Waals surface area contributed by atoms with Crippen LogP contribution in [0.15, 0.2) is 18.3 Å². The maximum Gasteiger partial charge on any atom is 0.317 e. The maximum absolute atomic E-state index is 12.3. The zero-order valence-electron chi connectivity index (χ0n) is 11.0. The van der Waals surface area contributed by atoms with E-state index in [2.05, 4.69) is 4.98 Å². The minimum absolute atomic E-state index is 0.0184. The summed E-state index contributed by atoms with van der Waals surface area (Å²) in [5.41, 5.74) is 0.501. The van der Waals surface area contributed by atoms with Crippen LogP contribution in [-0.2, 0) is 4.79 Å². The smallest absolute Gasteiger partial charge is 0.317 e. The lowest BCUT2D eigenvalue weighted by atomic mass is 10.2. The summed E-state index contributed by atoms with van der Waals surface area (Å²) in [6.07, 6.45) is 2.23. The average Bonchev–Trinajstić information content (AvgIpc) is 2.64. The highest BCUT2D eigenvalue weighted by molar-refractivity contribution is 6.29. The fourth-order valence-electron chi connectivity index (χ4n) is 2.21. The van der Waals surface area contributed by atoms with Crippen molar-refractivity contribution in [2.24, 2.45) is 0 Å². The molecule has 1 aromatic heterocycles. The number of aliphatic carboxylic acids is 1. The Morgan fingerprint density at radius 2 is 2.05 bits per heavy atom. The molecule has 0 saturated carbocycles. The molecule has 0 aliphatic carbocycles. The Morgan fingerprint density at radius 1 is 1.25 bits per heavy atom. The number of hydrogen-bond donors (Lipinski definition) is 1. The first-order valence-corrected chi connectivity index (χ1v) is 6.79. The van der Waals surface area contributed by atoms with Gasteiger partial charge in [0.05, 0.1) is 12.1 Å². The average molecular weight is 298 g/mol. The molecule has 0 aromatic carbocycles. The minimum Gasteiger partial charge on any atom is -0.480 e. The number of nitrogens with zero attached hydrogens (tertiary/aromatic N) is 3. The SMILES string of the molecule is O=C(O)CN1CCCN(C(=O)c2ccc(Cl)nc2)CC1. The van der Waals surface area contributed by atoms with Crippen molar-refractivity contribution < 1.29 is 14.7 Å². The molecule has 1 aromatic rings. The lowest BCUT2D eigenvalue weighted by Crippen LogP contribution is -2.36. The fourth-order valence-corrected chi connectivity index (χ4v) is 2.32. The van der Waals surface area contributed by atoms with Crippen LogP contribution in [0.1, 0.15) is 16.8 Å². The number of aromatic nitrogens is 1. The summed E-state index contributed by atoms with van der Waals surface area (Å²) >= 11 is 5.70. The van der Waals surface area contributed by atoms with Gasteiger partial charge >= 0.3 is 5.97 Å². The van der Waals surface area contributed by atoms with E-state index in [1.807, 2.05) is 4.90 Å². The Labute approximate surface area is 122 Å². The first-order chi connectivity index (χ1) is 9.56. The Hall–Kier alpha value is -1.66. The first-order valence-electron chi connectivity index (χ1n) is 6.41. The quantitative estimate of drug-likeness (QED) is 0.842. The van der Waals surface area contributed by atoms with Gasteiger partial charge in [-0.05, 0) is 18.6 Å². The molecule has 0 bridgehead atoms. The molecule has 6 nitrogen and oxygen atoms in total. The summed E-state index contributed by atoms with van der Waals surface area (Å²) < 4.78 is 0. The Kier molecular flexibility index (Phi) is 4.92. The van der Waals surface area contributed by atoms with E-state index in [-0.39, 0.29) is 12.5 Å². The lowest BCUT2D eigenvalue weighted by Gasteiger charge is -2.21. The number of halogens is 1. The van der Waals surface area contributed by atoms with Crippen LogP contribution < -0.4 is 0 Å². The van der Waals surface area contributed by atoms with Crippen molar-refractivity contribution in [3.63, 3.8) is 0 Å². The van der Waals surface area contributed by atoms with Gasteiger partial charge in [0.2, 0.25) is 0 Å². The summed E-state index contributed by atoms with van der Waals surface area (Å²) in [5.74, 6) is -0.932. The van der Waals surface area contributed by atoms with Crippen LogP contribution in [0.5, 0.6) is 0 Å². The van der Waals surface area contributed by atoms with Gasteiger partial charge in [-0.3, -0.25) is 14.5 Å². The summed E-state index contributed by atoms with van der Waals surface area (Å²) in [6, 6.07) is 3.24. The van der Waals surface area contributed by atoms with Crippen LogP contribution in [0, 0.1) is 0 Å². The molecule has 0 atom stereocenters. The molecule has 1 aliphatic heterocycles.